The molecule has 3 rings (SSSR count). The Morgan fingerprint density at radius 1 is 1.36 bits per heavy atom. The first kappa shape index (κ1) is 7.85. The zero-order valence-corrected chi connectivity index (χ0v) is 7.24. The lowest BCUT2D eigenvalue weighted by Gasteiger charge is -2.24. The van der Waals surface area contributed by atoms with E-state index < -0.39 is 11.7 Å². The lowest BCUT2D eigenvalue weighted by Crippen LogP contribution is -2.33. The van der Waals surface area contributed by atoms with Gasteiger partial charge in [0.25, 0.3) is 0 Å². The minimum absolute atomic E-state index is 0.00468. The van der Waals surface area contributed by atoms with Crippen LogP contribution >= 0.6 is 0 Å². The van der Waals surface area contributed by atoms with E-state index in [1.807, 2.05) is 22.8 Å². The Hall–Kier alpha value is -1.52. The van der Waals surface area contributed by atoms with Crippen LogP contribution in [-0.2, 0) is 0 Å². The van der Waals surface area contributed by atoms with Gasteiger partial charge < -0.3 is 9.29 Å². The van der Waals surface area contributed by atoms with Gasteiger partial charge >= 0.3 is 7.55 Å². The smallest absolute Gasteiger partial charge is 0.390 e. The van der Waals surface area contributed by atoms with Crippen LogP contribution in [0.4, 0.5) is 8.78 Å². The maximum absolute atomic E-state index is 13.2. The van der Waals surface area contributed by atoms with Crippen molar-refractivity contribution in [2.75, 3.05) is 6.54 Å². The summed E-state index contributed by atoms with van der Waals surface area (Å²) in [6.07, 6.45) is 3.48. The summed E-state index contributed by atoms with van der Waals surface area (Å²) in [6, 6.07) is 3.72. The summed E-state index contributed by atoms with van der Waals surface area (Å²) >= 11 is 0. The first-order valence-corrected chi connectivity index (χ1v) is 4.30. The van der Waals surface area contributed by atoms with Crippen molar-refractivity contribution in [2.45, 2.75) is 0 Å². The minimum Gasteiger partial charge on any atom is -0.390 e. The van der Waals surface area contributed by atoms with Crippen molar-refractivity contribution in [3.63, 3.8) is 0 Å². The van der Waals surface area contributed by atoms with Gasteiger partial charge in [-0.05, 0) is 24.4 Å². The molecule has 0 atom stereocenters. The van der Waals surface area contributed by atoms with Crippen LogP contribution in [0, 0.1) is 0 Å². The van der Waals surface area contributed by atoms with E-state index in [0.717, 1.165) is 5.69 Å². The number of allylic oxidation sites excluding steroid dienone is 1. The second kappa shape index (κ2) is 2.50. The average molecular weight is 191 g/mol. The number of rotatable bonds is 0. The van der Waals surface area contributed by atoms with Gasteiger partial charge in [0, 0.05) is 5.69 Å². The Morgan fingerprint density at radius 3 is 3.07 bits per heavy atom. The number of fused-ring (bicyclic) bond motifs is 2. The molecule has 0 aromatic carbocycles. The average Bonchev–Trinajstić information content (AvgIpc) is 2.70. The van der Waals surface area contributed by atoms with Crippen LogP contribution in [0.25, 0.3) is 6.08 Å². The van der Waals surface area contributed by atoms with E-state index in [4.69, 9.17) is 0 Å². The molecule has 2 aliphatic heterocycles. The van der Waals surface area contributed by atoms with Crippen LogP contribution < -0.4 is 0 Å². The molecule has 0 spiro atoms. The van der Waals surface area contributed by atoms with Gasteiger partial charge in [-0.1, -0.05) is 0 Å². The zero-order chi connectivity index (χ0) is 9.71. The quantitative estimate of drug-likeness (QED) is 0.566. The summed E-state index contributed by atoms with van der Waals surface area (Å²) in [4.78, 5) is 1.55. The van der Waals surface area contributed by atoms with E-state index in [1.54, 1.807) is 18.4 Å². The van der Waals surface area contributed by atoms with Gasteiger partial charge in [-0.25, -0.2) is 8.78 Å². The molecule has 2 aliphatic rings. The van der Waals surface area contributed by atoms with Gasteiger partial charge in [-0.2, -0.15) is 0 Å². The molecule has 69 valence electrons. The number of halogens is 2. The monoisotopic (exact) mass is 191 g/mol. The summed E-state index contributed by atoms with van der Waals surface area (Å²) in [7, 11) is 1.69. The fourth-order valence-electron chi connectivity index (χ4n) is 1.74. The first-order valence-electron chi connectivity index (χ1n) is 4.30. The summed E-state index contributed by atoms with van der Waals surface area (Å²) in [6.45, 7) is -0.00468. The normalized spacial score (nSPS) is 19.0. The largest absolute Gasteiger partial charge is 0.396 e. The van der Waals surface area contributed by atoms with E-state index in [1.165, 1.54) is 0 Å². The highest BCUT2D eigenvalue weighted by Gasteiger charge is 2.31. The second-order valence-corrected chi connectivity index (χ2v) is 3.33. The van der Waals surface area contributed by atoms with Crippen molar-refractivity contribution >= 4 is 13.6 Å². The lowest BCUT2D eigenvalue weighted by atomic mass is 10.0. The Kier molecular flexibility index (Phi) is 1.40. The van der Waals surface area contributed by atoms with Crippen LogP contribution in [0.3, 0.4) is 0 Å². The molecule has 0 bridgehead atoms. The fraction of sp³-hybridized carbons (Fsp3) is 0.111. The highest BCUT2D eigenvalue weighted by Crippen LogP contribution is 2.33. The van der Waals surface area contributed by atoms with Crippen molar-refractivity contribution in [3.8, 4) is 0 Å². The molecule has 1 aromatic heterocycles. The molecule has 3 heterocycles. The van der Waals surface area contributed by atoms with Crippen LogP contribution in [0.2, 0.25) is 0 Å². The third-order valence-electron chi connectivity index (χ3n) is 2.44. The maximum Gasteiger partial charge on any atom is 0.396 e. The molecule has 2 nitrogen and oxygen atoms in total. The number of nitrogens with zero attached hydrogens (tertiary/aromatic N) is 2. The summed E-state index contributed by atoms with van der Waals surface area (Å²) < 4.78 is 28.0. The third-order valence-corrected chi connectivity index (χ3v) is 2.44. The Morgan fingerprint density at radius 2 is 2.21 bits per heavy atom. The summed E-state index contributed by atoms with van der Waals surface area (Å²) in [5, 5.41) is 0. The fourth-order valence-corrected chi connectivity index (χ4v) is 1.74. The molecule has 0 saturated carbocycles. The molecule has 0 saturated heterocycles. The predicted octanol–water partition coefficient (Wildman–Crippen LogP) is 1.69. The molecule has 0 fully saturated rings. The Bertz CT molecular complexity index is 461. The first-order chi connectivity index (χ1) is 6.75. The van der Waals surface area contributed by atoms with Gasteiger partial charge in [0.15, 0.2) is 11.7 Å². The highest BCUT2D eigenvalue weighted by molar-refractivity contribution is 6.32. The lowest BCUT2D eigenvalue weighted by molar-refractivity contribution is 0.533. The van der Waals surface area contributed by atoms with Gasteiger partial charge in [-0.3, -0.25) is 0 Å². The zero-order valence-electron chi connectivity index (χ0n) is 7.24. The predicted molar refractivity (Wildman–Crippen MR) is 49.5 cm³/mol. The molecule has 0 aliphatic carbocycles. The Balaban J connectivity index is 2.13. The van der Waals surface area contributed by atoms with Crippen LogP contribution in [0.1, 0.15) is 5.69 Å². The minimum atomic E-state index is -0.742. The van der Waals surface area contributed by atoms with E-state index >= 15 is 0 Å². The number of hydrogen-bond donors (Lipinski definition) is 0. The van der Waals surface area contributed by atoms with Crippen molar-refractivity contribution in [3.05, 3.63) is 41.4 Å². The summed E-state index contributed by atoms with van der Waals surface area (Å²) in [5.74, 6) is -1.44. The van der Waals surface area contributed by atoms with Crippen molar-refractivity contribution in [2.24, 2.45) is 0 Å². The van der Waals surface area contributed by atoms with Gasteiger partial charge in [0.2, 0.25) is 0 Å². The van der Waals surface area contributed by atoms with E-state index in [-0.39, 0.29) is 6.54 Å². The van der Waals surface area contributed by atoms with Crippen molar-refractivity contribution in [1.29, 1.82) is 0 Å². The molecular formula is C9H6BF2N2. The topological polar surface area (TPSA) is 8.17 Å². The molecule has 1 aromatic rings. The van der Waals surface area contributed by atoms with Crippen molar-refractivity contribution in [1.82, 2.24) is 9.29 Å². The van der Waals surface area contributed by atoms with Gasteiger partial charge in [-0.15, -0.1) is 0 Å². The third kappa shape index (κ3) is 0.894. The number of hydrogen-bond acceptors (Lipinski definition) is 1. The highest BCUT2D eigenvalue weighted by atomic mass is 19.2. The van der Waals surface area contributed by atoms with Crippen LogP contribution in [-0.4, -0.2) is 23.4 Å². The van der Waals surface area contributed by atoms with E-state index in [2.05, 4.69) is 0 Å². The van der Waals surface area contributed by atoms with E-state index in [9.17, 15) is 8.78 Å². The van der Waals surface area contributed by atoms with Gasteiger partial charge in [0.05, 0.1) is 12.2 Å². The van der Waals surface area contributed by atoms with Gasteiger partial charge in [0.1, 0.15) is 0 Å². The Labute approximate surface area is 80.4 Å². The molecular weight excluding hydrogens is 185 g/mol. The standard InChI is InChI=1S/C9H6BF2N2/c11-7-5-14-8(9(7)12)4-6-2-1-3-13(6)10-14/h1-4H,5H2. The number of aromatic nitrogens is 1. The molecule has 14 heavy (non-hydrogen) atoms. The summed E-state index contributed by atoms with van der Waals surface area (Å²) in [5.41, 5.74) is 1.18. The molecule has 0 unspecified atom stereocenters. The molecule has 1 radical (unpaired) electrons. The SMILES string of the molecule is FC1=C(F)C2=Cc3cccn3[B]N2C1. The maximum atomic E-state index is 13.2. The van der Waals surface area contributed by atoms with Crippen LogP contribution in [0.5, 0.6) is 0 Å². The van der Waals surface area contributed by atoms with Crippen molar-refractivity contribution < 1.29 is 8.78 Å². The molecule has 0 amide bonds. The van der Waals surface area contributed by atoms with E-state index in [0.29, 0.717) is 5.70 Å². The molecule has 0 N–H and O–H groups in total. The second-order valence-electron chi connectivity index (χ2n) is 3.33. The van der Waals surface area contributed by atoms with Crippen LogP contribution in [0.15, 0.2) is 35.7 Å². The molecule has 5 heteroatoms.